The fraction of sp³-hybridized carbons (Fsp3) is 0.667. The number of alkyl halides is 3. The number of hydrogen-bond acceptors (Lipinski definition) is 5. The largest absolute Gasteiger partial charge is 0.409 e. The standard InChI is InChI=1S/C9H15F3N6O/c10-9(11,12)7(8(13)16-19)6-14-2-1-4-18-5-3-15-17-18/h3,5,7,14,19H,1-2,4,6H2,(H2,13,16). The summed E-state index contributed by atoms with van der Waals surface area (Å²) in [6.45, 7) is 0.467. The molecule has 1 unspecified atom stereocenters. The van der Waals surface area contributed by atoms with E-state index in [1.807, 2.05) is 0 Å². The van der Waals surface area contributed by atoms with Gasteiger partial charge in [0.2, 0.25) is 0 Å². The summed E-state index contributed by atoms with van der Waals surface area (Å²) in [5, 5.41) is 20.7. The number of nitrogens with one attached hydrogen (secondary N) is 1. The Morgan fingerprint density at radius 2 is 2.26 bits per heavy atom. The van der Waals surface area contributed by atoms with Crippen LogP contribution in [0.25, 0.3) is 0 Å². The van der Waals surface area contributed by atoms with Crippen LogP contribution < -0.4 is 11.1 Å². The summed E-state index contributed by atoms with van der Waals surface area (Å²) >= 11 is 0. The van der Waals surface area contributed by atoms with Crippen LogP contribution in [0, 0.1) is 5.92 Å². The molecule has 0 spiro atoms. The van der Waals surface area contributed by atoms with Crippen LogP contribution in [0.15, 0.2) is 17.5 Å². The predicted octanol–water partition coefficient (Wildman–Crippen LogP) is 0.183. The van der Waals surface area contributed by atoms with Gasteiger partial charge in [-0.05, 0) is 13.0 Å². The number of hydrogen-bond donors (Lipinski definition) is 3. The maximum atomic E-state index is 12.6. The zero-order chi connectivity index (χ0) is 14.3. The van der Waals surface area contributed by atoms with Crippen LogP contribution in [0.1, 0.15) is 6.42 Å². The SMILES string of the molecule is N/C(=N/O)C(CNCCCn1ccnn1)C(F)(F)F. The molecular weight excluding hydrogens is 265 g/mol. The number of halogens is 3. The Bertz CT molecular complexity index is 391. The van der Waals surface area contributed by atoms with E-state index in [1.165, 1.54) is 6.20 Å². The molecule has 0 bridgehead atoms. The van der Waals surface area contributed by atoms with E-state index in [4.69, 9.17) is 10.9 Å². The molecule has 19 heavy (non-hydrogen) atoms. The summed E-state index contributed by atoms with van der Waals surface area (Å²) in [5.41, 5.74) is 5.01. The topological polar surface area (TPSA) is 101 Å². The van der Waals surface area contributed by atoms with Crippen LogP contribution >= 0.6 is 0 Å². The maximum Gasteiger partial charge on any atom is 0.400 e. The quantitative estimate of drug-likeness (QED) is 0.217. The molecule has 1 aromatic heterocycles. The van der Waals surface area contributed by atoms with Gasteiger partial charge in [0, 0.05) is 19.3 Å². The van der Waals surface area contributed by atoms with Gasteiger partial charge in [-0.1, -0.05) is 10.4 Å². The van der Waals surface area contributed by atoms with Crippen molar-refractivity contribution >= 4 is 5.84 Å². The van der Waals surface area contributed by atoms with E-state index in [9.17, 15) is 13.2 Å². The monoisotopic (exact) mass is 280 g/mol. The van der Waals surface area contributed by atoms with Crippen molar-refractivity contribution in [1.29, 1.82) is 0 Å². The second-order valence-corrected chi connectivity index (χ2v) is 3.84. The number of aromatic nitrogens is 3. The molecule has 1 heterocycles. The molecule has 0 radical (unpaired) electrons. The third-order valence-electron chi connectivity index (χ3n) is 2.43. The third kappa shape index (κ3) is 5.12. The fourth-order valence-corrected chi connectivity index (χ4v) is 1.42. The Labute approximate surface area is 107 Å². The van der Waals surface area contributed by atoms with Crippen molar-refractivity contribution in [2.75, 3.05) is 13.1 Å². The average molecular weight is 280 g/mol. The molecule has 1 atom stereocenters. The summed E-state index contributed by atoms with van der Waals surface area (Å²) < 4.78 is 39.2. The number of oxime groups is 1. The molecule has 0 fully saturated rings. The smallest absolute Gasteiger partial charge is 0.400 e. The van der Waals surface area contributed by atoms with E-state index in [0.717, 1.165) is 0 Å². The Kier molecular flexibility index (Phi) is 5.55. The minimum Gasteiger partial charge on any atom is -0.409 e. The second-order valence-electron chi connectivity index (χ2n) is 3.84. The zero-order valence-electron chi connectivity index (χ0n) is 10.0. The lowest BCUT2D eigenvalue weighted by molar-refractivity contribution is -0.154. The van der Waals surface area contributed by atoms with Crippen molar-refractivity contribution in [3.05, 3.63) is 12.4 Å². The van der Waals surface area contributed by atoms with Gasteiger partial charge in [-0.2, -0.15) is 13.2 Å². The van der Waals surface area contributed by atoms with Crippen LogP contribution in [-0.4, -0.2) is 45.3 Å². The zero-order valence-corrected chi connectivity index (χ0v) is 10.0. The minimum atomic E-state index is -4.55. The average Bonchev–Trinajstić information content (AvgIpc) is 2.84. The van der Waals surface area contributed by atoms with Crippen LogP contribution in [0.5, 0.6) is 0 Å². The van der Waals surface area contributed by atoms with Gasteiger partial charge in [0.05, 0.1) is 6.20 Å². The summed E-state index contributed by atoms with van der Waals surface area (Å²) in [6.07, 6.45) is -0.778. The van der Waals surface area contributed by atoms with Crippen LogP contribution in [0.3, 0.4) is 0 Å². The van der Waals surface area contributed by atoms with Gasteiger partial charge in [-0.25, -0.2) is 0 Å². The number of nitrogens with two attached hydrogens (primary N) is 1. The molecule has 0 saturated heterocycles. The number of nitrogens with zero attached hydrogens (tertiary/aromatic N) is 4. The van der Waals surface area contributed by atoms with Crippen LogP contribution in [0.4, 0.5) is 13.2 Å². The highest BCUT2D eigenvalue weighted by Crippen LogP contribution is 2.25. The van der Waals surface area contributed by atoms with Crippen molar-refractivity contribution in [2.45, 2.75) is 19.1 Å². The Hall–Kier alpha value is -1.84. The molecular formula is C9H15F3N6O. The van der Waals surface area contributed by atoms with E-state index in [0.29, 0.717) is 19.5 Å². The summed E-state index contributed by atoms with van der Waals surface area (Å²) in [6, 6.07) is 0. The van der Waals surface area contributed by atoms with Crippen molar-refractivity contribution in [2.24, 2.45) is 16.8 Å². The Morgan fingerprint density at radius 3 is 2.79 bits per heavy atom. The fourth-order valence-electron chi connectivity index (χ4n) is 1.42. The van der Waals surface area contributed by atoms with Crippen LogP contribution in [0.2, 0.25) is 0 Å². The minimum absolute atomic E-state index is 0.352. The van der Waals surface area contributed by atoms with Gasteiger partial charge in [0.25, 0.3) is 0 Å². The Balaban J connectivity index is 2.29. The van der Waals surface area contributed by atoms with Gasteiger partial charge < -0.3 is 16.3 Å². The number of amidine groups is 1. The van der Waals surface area contributed by atoms with E-state index in [-0.39, 0.29) is 0 Å². The van der Waals surface area contributed by atoms with Crippen molar-refractivity contribution < 1.29 is 18.4 Å². The maximum absolute atomic E-state index is 12.6. The van der Waals surface area contributed by atoms with Crippen LogP contribution in [-0.2, 0) is 6.54 Å². The van der Waals surface area contributed by atoms with E-state index in [1.54, 1.807) is 10.9 Å². The summed E-state index contributed by atoms with van der Waals surface area (Å²) in [7, 11) is 0. The predicted molar refractivity (Wildman–Crippen MR) is 60.5 cm³/mol. The second kappa shape index (κ2) is 6.92. The first kappa shape index (κ1) is 15.2. The van der Waals surface area contributed by atoms with Gasteiger partial charge in [-0.15, -0.1) is 5.10 Å². The molecule has 0 saturated carbocycles. The molecule has 108 valence electrons. The lowest BCUT2D eigenvalue weighted by atomic mass is 10.1. The lowest BCUT2D eigenvalue weighted by Crippen LogP contribution is -2.43. The first-order valence-corrected chi connectivity index (χ1v) is 5.54. The molecule has 0 amide bonds. The highest BCUT2D eigenvalue weighted by Gasteiger charge is 2.42. The summed E-state index contributed by atoms with van der Waals surface area (Å²) in [5.74, 6) is -2.85. The molecule has 7 nitrogen and oxygen atoms in total. The van der Waals surface area contributed by atoms with E-state index >= 15 is 0 Å². The molecule has 10 heteroatoms. The lowest BCUT2D eigenvalue weighted by Gasteiger charge is -2.19. The molecule has 0 aromatic carbocycles. The van der Waals surface area contributed by atoms with Gasteiger partial charge in [0.1, 0.15) is 5.92 Å². The Morgan fingerprint density at radius 1 is 1.53 bits per heavy atom. The first-order valence-electron chi connectivity index (χ1n) is 5.54. The van der Waals surface area contributed by atoms with Crippen molar-refractivity contribution in [1.82, 2.24) is 20.3 Å². The first-order chi connectivity index (χ1) is 8.95. The molecule has 0 aliphatic rings. The van der Waals surface area contributed by atoms with Crippen molar-refractivity contribution in [3.8, 4) is 0 Å². The third-order valence-corrected chi connectivity index (χ3v) is 2.43. The molecule has 1 aromatic rings. The van der Waals surface area contributed by atoms with E-state index in [2.05, 4.69) is 20.8 Å². The number of aryl methyl sites for hydroxylation is 1. The molecule has 0 aliphatic carbocycles. The highest BCUT2D eigenvalue weighted by molar-refractivity contribution is 5.83. The summed E-state index contributed by atoms with van der Waals surface area (Å²) in [4.78, 5) is 0. The van der Waals surface area contributed by atoms with Gasteiger partial charge in [0.15, 0.2) is 5.84 Å². The van der Waals surface area contributed by atoms with Crippen molar-refractivity contribution in [3.63, 3.8) is 0 Å². The van der Waals surface area contributed by atoms with Gasteiger partial charge >= 0.3 is 6.18 Å². The van der Waals surface area contributed by atoms with E-state index < -0.39 is 24.5 Å². The van der Waals surface area contributed by atoms with Gasteiger partial charge in [-0.3, -0.25) is 4.68 Å². The highest BCUT2D eigenvalue weighted by atomic mass is 19.4. The normalized spacial score (nSPS) is 14.6. The molecule has 4 N–H and O–H groups in total. The number of rotatable bonds is 7. The molecule has 1 rings (SSSR count). The molecule has 0 aliphatic heterocycles.